The molecule has 278 valence electrons. The van der Waals surface area contributed by atoms with Gasteiger partial charge in [-0.3, -0.25) is 24.0 Å². The Morgan fingerprint density at radius 1 is 0.981 bits per heavy atom. The molecule has 3 aromatic rings. The van der Waals surface area contributed by atoms with Gasteiger partial charge < -0.3 is 37.2 Å². The van der Waals surface area contributed by atoms with Crippen molar-refractivity contribution in [2.75, 3.05) is 43.4 Å². The first kappa shape index (κ1) is 34.8. The minimum absolute atomic E-state index is 0.00316. The van der Waals surface area contributed by atoms with Crippen molar-refractivity contribution in [3.05, 3.63) is 88.8 Å². The van der Waals surface area contributed by atoms with Gasteiger partial charge in [-0.1, -0.05) is 31.2 Å². The number of nitrogens with one attached hydrogen (secondary N) is 3. The first-order chi connectivity index (χ1) is 25.7. The van der Waals surface area contributed by atoms with E-state index in [1.807, 2.05) is 35.4 Å². The maximum absolute atomic E-state index is 13.1. The zero-order valence-electron chi connectivity index (χ0n) is 30.6. The van der Waals surface area contributed by atoms with Gasteiger partial charge in [0.25, 0.3) is 11.8 Å². The summed E-state index contributed by atoms with van der Waals surface area (Å²) in [4.78, 5) is 45.3. The van der Waals surface area contributed by atoms with E-state index in [0.717, 1.165) is 111 Å². The Kier molecular flexibility index (Phi) is 9.35. The van der Waals surface area contributed by atoms with Crippen molar-refractivity contribution in [3.63, 3.8) is 0 Å². The zero-order chi connectivity index (χ0) is 36.8. The summed E-state index contributed by atoms with van der Waals surface area (Å²) in [5, 5.41) is 14.1. The molecule has 3 amide bonds. The highest BCUT2D eigenvalue weighted by atomic mass is 16.2. The van der Waals surface area contributed by atoms with Crippen LogP contribution in [-0.2, 0) is 16.1 Å². The number of para-hydroxylation sites is 1. The van der Waals surface area contributed by atoms with E-state index >= 15 is 0 Å². The van der Waals surface area contributed by atoms with E-state index in [2.05, 4.69) is 62.6 Å². The largest absolute Gasteiger partial charge is 0.393 e. The van der Waals surface area contributed by atoms with Crippen LogP contribution in [0.4, 0.5) is 11.4 Å². The molecule has 53 heavy (non-hydrogen) atoms. The van der Waals surface area contributed by atoms with Gasteiger partial charge in [0.15, 0.2) is 0 Å². The van der Waals surface area contributed by atoms with E-state index in [1.54, 1.807) is 0 Å². The van der Waals surface area contributed by atoms with Gasteiger partial charge in [0.2, 0.25) is 5.91 Å². The highest BCUT2D eigenvalue weighted by Gasteiger charge is 2.38. The number of amides is 3. The summed E-state index contributed by atoms with van der Waals surface area (Å²) in [6.45, 7) is 6.41. The molecular weight excluding hydrogens is 669 g/mol. The number of anilines is 2. The lowest BCUT2D eigenvalue weighted by Gasteiger charge is -2.43. The van der Waals surface area contributed by atoms with E-state index in [1.165, 1.54) is 11.8 Å². The monoisotopic (exact) mass is 718 g/mol. The quantitative estimate of drug-likeness (QED) is 0.138. The summed E-state index contributed by atoms with van der Waals surface area (Å²) in [7, 11) is 2.09. The van der Waals surface area contributed by atoms with Crippen LogP contribution in [0.1, 0.15) is 85.6 Å². The van der Waals surface area contributed by atoms with Crippen LogP contribution in [0.3, 0.4) is 0 Å². The fourth-order valence-corrected chi connectivity index (χ4v) is 7.96. The molecule has 1 atom stereocenters. The van der Waals surface area contributed by atoms with E-state index in [4.69, 9.17) is 16.6 Å². The first-order valence-corrected chi connectivity index (χ1v) is 19.1. The van der Waals surface area contributed by atoms with E-state index < -0.39 is 0 Å². The SMILES string of the molecule is CCC1c2c(cnn2C2CN(Cc3cccc(C(=O)N4CCCC4)c3)C2)-c2cccc(NC(/C=C(\N)NC(=O)C3CC3)=C(/N)C(=O)NC3CC3)c2N1C. The molecule has 2 aromatic carbocycles. The normalized spacial score (nSPS) is 20.6. The number of nitrogens with two attached hydrogens (primary N) is 2. The second-order valence-corrected chi connectivity index (χ2v) is 15.2. The van der Waals surface area contributed by atoms with Gasteiger partial charge in [0, 0.05) is 74.5 Å². The molecule has 8 rings (SSSR count). The molecule has 0 spiro atoms. The van der Waals surface area contributed by atoms with Gasteiger partial charge in [-0.2, -0.15) is 5.10 Å². The highest BCUT2D eigenvalue weighted by Crippen LogP contribution is 2.49. The minimum Gasteiger partial charge on any atom is -0.393 e. The smallest absolute Gasteiger partial charge is 0.269 e. The molecule has 2 aliphatic carbocycles. The summed E-state index contributed by atoms with van der Waals surface area (Å²) in [6, 6.07) is 14.5. The second-order valence-electron chi connectivity index (χ2n) is 15.2. The topological polar surface area (TPSA) is 167 Å². The molecule has 5 aliphatic rings. The number of benzene rings is 2. The molecule has 2 saturated heterocycles. The molecular formula is C40H50N10O3. The molecule has 2 saturated carbocycles. The number of fused-ring (bicyclic) bond motifs is 3. The Morgan fingerprint density at radius 3 is 2.45 bits per heavy atom. The fourth-order valence-electron chi connectivity index (χ4n) is 7.96. The van der Waals surface area contributed by atoms with Crippen molar-refractivity contribution >= 4 is 29.1 Å². The number of nitrogens with zero attached hydrogens (tertiary/aromatic N) is 5. The Morgan fingerprint density at radius 2 is 1.74 bits per heavy atom. The maximum Gasteiger partial charge on any atom is 0.269 e. The molecule has 4 fully saturated rings. The lowest BCUT2D eigenvalue weighted by atomic mass is 9.91. The summed E-state index contributed by atoms with van der Waals surface area (Å²) >= 11 is 0. The van der Waals surface area contributed by atoms with E-state index in [-0.39, 0.29) is 53.3 Å². The predicted octanol–water partition coefficient (Wildman–Crippen LogP) is 3.93. The van der Waals surface area contributed by atoms with Crippen LogP contribution in [0.15, 0.2) is 72.0 Å². The Hall–Kier alpha value is -5.30. The lowest BCUT2D eigenvalue weighted by Crippen LogP contribution is -2.48. The number of aromatic nitrogens is 2. The molecule has 1 aromatic heterocycles. The predicted molar refractivity (Wildman–Crippen MR) is 204 cm³/mol. The number of likely N-dealkylation sites (tertiary alicyclic amines) is 2. The van der Waals surface area contributed by atoms with Gasteiger partial charge in [-0.25, -0.2) is 0 Å². The van der Waals surface area contributed by atoms with Crippen molar-refractivity contribution in [2.45, 2.75) is 76.5 Å². The van der Waals surface area contributed by atoms with Gasteiger partial charge in [-0.15, -0.1) is 0 Å². The zero-order valence-corrected chi connectivity index (χ0v) is 30.6. The molecule has 0 radical (unpaired) electrons. The first-order valence-electron chi connectivity index (χ1n) is 19.1. The van der Waals surface area contributed by atoms with Crippen molar-refractivity contribution in [2.24, 2.45) is 17.4 Å². The Balaban J connectivity index is 1.03. The maximum atomic E-state index is 13.1. The van der Waals surface area contributed by atoms with Crippen molar-refractivity contribution in [1.82, 2.24) is 30.2 Å². The van der Waals surface area contributed by atoms with Crippen LogP contribution in [-0.4, -0.2) is 76.6 Å². The highest BCUT2D eigenvalue weighted by molar-refractivity contribution is 5.97. The van der Waals surface area contributed by atoms with Crippen molar-refractivity contribution in [3.8, 4) is 11.1 Å². The van der Waals surface area contributed by atoms with Crippen LogP contribution < -0.4 is 32.3 Å². The van der Waals surface area contributed by atoms with Crippen LogP contribution in [0.2, 0.25) is 0 Å². The van der Waals surface area contributed by atoms with Gasteiger partial charge >= 0.3 is 0 Å². The Bertz CT molecular complexity index is 1980. The molecule has 0 bridgehead atoms. The van der Waals surface area contributed by atoms with Crippen molar-refractivity contribution < 1.29 is 14.4 Å². The summed E-state index contributed by atoms with van der Waals surface area (Å²) in [5.74, 6) is -0.268. The van der Waals surface area contributed by atoms with Crippen LogP contribution >= 0.6 is 0 Å². The number of carbonyl (C=O) groups excluding carboxylic acids is 3. The Labute approximate surface area is 310 Å². The average molecular weight is 719 g/mol. The average Bonchev–Trinajstić information content (AvgIpc) is 4.06. The van der Waals surface area contributed by atoms with E-state index in [0.29, 0.717) is 5.70 Å². The van der Waals surface area contributed by atoms with Crippen LogP contribution in [0.25, 0.3) is 11.1 Å². The molecule has 7 N–H and O–H groups in total. The molecule has 4 heterocycles. The lowest BCUT2D eigenvalue weighted by molar-refractivity contribution is -0.121. The minimum atomic E-state index is -0.376. The number of rotatable bonds is 12. The van der Waals surface area contributed by atoms with Crippen LogP contribution in [0.5, 0.6) is 0 Å². The third-order valence-electron chi connectivity index (χ3n) is 11.2. The van der Waals surface area contributed by atoms with Gasteiger partial charge in [-0.05, 0) is 68.7 Å². The van der Waals surface area contributed by atoms with Crippen molar-refractivity contribution in [1.29, 1.82) is 0 Å². The number of allylic oxidation sites excluding steroid dienone is 1. The van der Waals surface area contributed by atoms with E-state index in [9.17, 15) is 14.4 Å². The van der Waals surface area contributed by atoms with Gasteiger partial charge in [0.1, 0.15) is 11.5 Å². The fraction of sp³-hybridized carbons (Fsp3) is 0.450. The number of carbonyl (C=O) groups is 3. The third-order valence-corrected chi connectivity index (χ3v) is 11.2. The summed E-state index contributed by atoms with van der Waals surface area (Å²) < 4.78 is 2.21. The van der Waals surface area contributed by atoms with Crippen LogP contribution in [0, 0.1) is 5.92 Å². The second kappa shape index (κ2) is 14.3. The number of hydrogen-bond acceptors (Lipinski definition) is 9. The third kappa shape index (κ3) is 7.09. The molecule has 1 unspecified atom stereocenters. The summed E-state index contributed by atoms with van der Waals surface area (Å²) in [6.07, 6.45) is 10.1. The van der Waals surface area contributed by atoms with Gasteiger partial charge in [0.05, 0.1) is 41.0 Å². The number of hydrogen-bond donors (Lipinski definition) is 5. The molecule has 13 nitrogen and oxygen atoms in total. The standard InChI is InChI=1S/C40H50N10O3/c1-3-33-37-30(20-43-50(37)28-22-48(23-28)21-24-8-6-9-26(18-24)40(53)49-16-4-5-17-49)29-10-7-11-31(36(29)47(33)2)45-32(35(42)39(52)44-27-14-15-27)19-34(41)46-38(51)25-12-13-25/h6-11,18-20,25,27-28,33,45H,3-5,12-17,21-23,41-42H2,1-2H3,(H,44,52)(H,46,51)/b34-19+,35-32+. The molecule has 13 heteroatoms. The summed E-state index contributed by atoms with van der Waals surface area (Å²) in [5.41, 5.74) is 20.0. The molecule has 3 aliphatic heterocycles.